The van der Waals surface area contributed by atoms with Gasteiger partial charge in [-0.3, -0.25) is 4.79 Å². The first-order valence-corrected chi connectivity index (χ1v) is 9.73. The number of hydrogen-bond donors (Lipinski definition) is 0. The number of nitrogens with zero attached hydrogens (tertiary/aromatic N) is 2. The SMILES string of the molecule is COC(=O)c1cc2c(Br)cn(C)c(=O)c2n1S(=O)(=O)c1ccc(C)cc1. The third-order valence-electron chi connectivity index (χ3n) is 4.00. The Morgan fingerprint density at radius 3 is 2.38 bits per heavy atom. The van der Waals surface area contributed by atoms with Crippen molar-refractivity contribution in [3.8, 4) is 0 Å². The molecule has 0 N–H and O–H groups in total. The summed E-state index contributed by atoms with van der Waals surface area (Å²) in [6.07, 6.45) is 1.51. The monoisotopic (exact) mass is 438 g/mol. The molecular formula is C17H15BrN2O5S. The van der Waals surface area contributed by atoms with E-state index in [0.717, 1.165) is 16.6 Å². The van der Waals surface area contributed by atoms with Gasteiger partial charge in [0, 0.05) is 23.1 Å². The molecule has 0 amide bonds. The smallest absolute Gasteiger partial charge is 0.355 e. The molecule has 2 aromatic heterocycles. The number of carbonyl (C=O) groups excluding carboxylic acids is 1. The third-order valence-corrected chi connectivity index (χ3v) is 6.36. The summed E-state index contributed by atoms with van der Waals surface area (Å²) in [5.41, 5.74) is -0.0304. The lowest BCUT2D eigenvalue weighted by atomic mass is 10.2. The van der Waals surface area contributed by atoms with E-state index in [9.17, 15) is 18.0 Å². The van der Waals surface area contributed by atoms with Crippen molar-refractivity contribution in [2.75, 3.05) is 7.11 Å². The minimum Gasteiger partial charge on any atom is -0.464 e. The average molecular weight is 439 g/mol. The second-order valence-corrected chi connectivity index (χ2v) is 8.40. The summed E-state index contributed by atoms with van der Waals surface area (Å²) >= 11 is 3.31. The van der Waals surface area contributed by atoms with Crippen LogP contribution in [0.4, 0.5) is 0 Å². The van der Waals surface area contributed by atoms with Crippen LogP contribution in [0.5, 0.6) is 0 Å². The lowest BCUT2D eigenvalue weighted by molar-refractivity contribution is 0.0593. The molecule has 0 saturated heterocycles. The van der Waals surface area contributed by atoms with Crippen LogP contribution in [0, 0.1) is 6.92 Å². The molecule has 7 nitrogen and oxygen atoms in total. The Morgan fingerprint density at radius 1 is 1.19 bits per heavy atom. The normalized spacial score (nSPS) is 11.7. The predicted molar refractivity (Wildman–Crippen MR) is 100.0 cm³/mol. The Hall–Kier alpha value is -2.39. The van der Waals surface area contributed by atoms with Gasteiger partial charge in [-0.2, -0.15) is 0 Å². The fourth-order valence-corrected chi connectivity index (χ4v) is 4.76. The van der Waals surface area contributed by atoms with Crippen molar-refractivity contribution in [3.63, 3.8) is 0 Å². The van der Waals surface area contributed by atoms with E-state index in [1.165, 1.54) is 36.0 Å². The largest absolute Gasteiger partial charge is 0.464 e. The molecule has 0 aliphatic carbocycles. The zero-order valence-electron chi connectivity index (χ0n) is 14.2. The van der Waals surface area contributed by atoms with Crippen LogP contribution in [0.2, 0.25) is 0 Å². The summed E-state index contributed by atoms with van der Waals surface area (Å²) in [6.45, 7) is 1.83. The maximum atomic E-state index is 13.2. The van der Waals surface area contributed by atoms with Crippen molar-refractivity contribution in [3.05, 3.63) is 62.6 Å². The highest BCUT2D eigenvalue weighted by molar-refractivity contribution is 9.10. The van der Waals surface area contributed by atoms with Crippen LogP contribution in [0.1, 0.15) is 16.1 Å². The van der Waals surface area contributed by atoms with Gasteiger partial charge in [0.15, 0.2) is 0 Å². The van der Waals surface area contributed by atoms with Gasteiger partial charge in [-0.25, -0.2) is 17.2 Å². The topological polar surface area (TPSA) is 87.4 Å². The number of fused-ring (bicyclic) bond motifs is 1. The number of carbonyl (C=O) groups is 1. The van der Waals surface area contributed by atoms with Crippen LogP contribution in [0.15, 0.2) is 50.7 Å². The lowest BCUT2D eigenvalue weighted by Gasteiger charge is -2.11. The molecule has 26 heavy (non-hydrogen) atoms. The number of ether oxygens (including phenoxy) is 1. The van der Waals surface area contributed by atoms with Gasteiger partial charge in [-0.15, -0.1) is 0 Å². The number of aromatic nitrogens is 2. The first kappa shape index (κ1) is 18.4. The summed E-state index contributed by atoms with van der Waals surface area (Å²) < 4.78 is 33.7. The van der Waals surface area contributed by atoms with Crippen molar-refractivity contribution in [2.24, 2.45) is 7.05 Å². The van der Waals surface area contributed by atoms with Crippen LogP contribution in [-0.2, 0) is 21.8 Å². The van der Waals surface area contributed by atoms with Crippen molar-refractivity contribution >= 4 is 42.8 Å². The number of halogens is 1. The third kappa shape index (κ3) is 2.77. The van der Waals surface area contributed by atoms with Crippen LogP contribution < -0.4 is 5.56 Å². The zero-order chi connectivity index (χ0) is 19.2. The van der Waals surface area contributed by atoms with Crippen molar-refractivity contribution < 1.29 is 17.9 Å². The Kier molecular flexibility index (Phi) is 4.53. The Bertz CT molecular complexity index is 1190. The van der Waals surface area contributed by atoms with E-state index in [0.29, 0.717) is 9.86 Å². The number of benzene rings is 1. The van der Waals surface area contributed by atoms with Gasteiger partial charge in [0.25, 0.3) is 15.6 Å². The molecule has 0 aliphatic rings. The summed E-state index contributed by atoms with van der Waals surface area (Å²) in [6, 6.07) is 7.48. The number of aryl methyl sites for hydroxylation is 2. The maximum absolute atomic E-state index is 13.2. The van der Waals surface area contributed by atoms with E-state index < -0.39 is 21.6 Å². The van der Waals surface area contributed by atoms with E-state index in [1.807, 2.05) is 6.92 Å². The van der Waals surface area contributed by atoms with Crippen molar-refractivity contribution in [1.82, 2.24) is 8.54 Å². The number of pyridine rings is 1. The first-order chi connectivity index (χ1) is 12.2. The van der Waals surface area contributed by atoms with Gasteiger partial charge in [-0.1, -0.05) is 17.7 Å². The molecule has 3 rings (SSSR count). The highest BCUT2D eigenvalue weighted by atomic mass is 79.9. The quantitative estimate of drug-likeness (QED) is 0.586. The molecule has 1 aromatic carbocycles. The Labute approximate surface area is 158 Å². The molecule has 0 radical (unpaired) electrons. The summed E-state index contributed by atoms with van der Waals surface area (Å²) in [5, 5.41) is 0.309. The molecule has 9 heteroatoms. The summed E-state index contributed by atoms with van der Waals surface area (Å²) in [5.74, 6) is -0.856. The Morgan fingerprint density at radius 2 is 1.81 bits per heavy atom. The van der Waals surface area contributed by atoms with Gasteiger partial charge in [0.2, 0.25) is 0 Å². The van der Waals surface area contributed by atoms with Crippen LogP contribution in [0.25, 0.3) is 10.9 Å². The molecule has 0 aliphatic heterocycles. The Balaban J connectivity index is 2.49. The van der Waals surface area contributed by atoms with Gasteiger partial charge in [0.05, 0.1) is 12.0 Å². The second kappa shape index (κ2) is 6.40. The van der Waals surface area contributed by atoms with Crippen molar-refractivity contribution in [2.45, 2.75) is 11.8 Å². The lowest BCUT2D eigenvalue weighted by Crippen LogP contribution is -2.25. The summed E-state index contributed by atoms with van der Waals surface area (Å²) in [4.78, 5) is 24.8. The van der Waals surface area contributed by atoms with Gasteiger partial charge in [-0.05, 0) is 41.1 Å². The molecule has 0 saturated carbocycles. The van der Waals surface area contributed by atoms with Crippen LogP contribution in [-0.4, -0.2) is 30.0 Å². The van der Waals surface area contributed by atoms with Crippen LogP contribution >= 0.6 is 15.9 Å². The summed E-state index contributed by atoms with van der Waals surface area (Å²) in [7, 11) is -1.55. The molecule has 3 aromatic rings. The van der Waals surface area contributed by atoms with Crippen molar-refractivity contribution in [1.29, 1.82) is 0 Å². The number of methoxy groups -OCH3 is 1. The van der Waals surface area contributed by atoms with E-state index in [-0.39, 0.29) is 16.1 Å². The number of esters is 1. The van der Waals surface area contributed by atoms with E-state index >= 15 is 0 Å². The molecule has 0 bridgehead atoms. The molecule has 0 unspecified atom stereocenters. The van der Waals surface area contributed by atoms with E-state index in [1.54, 1.807) is 12.1 Å². The molecule has 0 fully saturated rings. The van der Waals surface area contributed by atoms with Gasteiger partial charge in [0.1, 0.15) is 11.2 Å². The average Bonchev–Trinajstić information content (AvgIpc) is 3.01. The molecule has 136 valence electrons. The number of rotatable bonds is 3. The van der Waals surface area contributed by atoms with Crippen LogP contribution in [0.3, 0.4) is 0 Å². The molecule has 2 heterocycles. The minimum atomic E-state index is -4.20. The maximum Gasteiger partial charge on any atom is 0.355 e. The molecule has 0 spiro atoms. The second-order valence-electron chi connectivity index (χ2n) is 5.76. The minimum absolute atomic E-state index is 0.0345. The number of hydrogen-bond acceptors (Lipinski definition) is 5. The molecular weight excluding hydrogens is 424 g/mol. The molecule has 0 atom stereocenters. The van der Waals surface area contributed by atoms with Gasteiger partial charge >= 0.3 is 5.97 Å². The predicted octanol–water partition coefficient (Wildman–Crippen LogP) is 2.43. The highest BCUT2D eigenvalue weighted by Crippen LogP contribution is 2.29. The van der Waals surface area contributed by atoms with E-state index in [4.69, 9.17) is 4.74 Å². The van der Waals surface area contributed by atoms with E-state index in [2.05, 4.69) is 15.9 Å². The van der Waals surface area contributed by atoms with Gasteiger partial charge < -0.3 is 9.30 Å². The fourth-order valence-electron chi connectivity index (χ4n) is 2.65. The zero-order valence-corrected chi connectivity index (χ0v) is 16.6. The highest BCUT2D eigenvalue weighted by Gasteiger charge is 2.29. The fraction of sp³-hybridized carbons (Fsp3) is 0.176. The standard InChI is InChI=1S/C17H15BrN2O5S/c1-10-4-6-11(7-5-10)26(23,24)20-14(17(22)25-3)8-12-13(18)9-19(2)16(21)15(12)20/h4-9H,1-3H3. The first-order valence-electron chi connectivity index (χ1n) is 7.49.